The number of fused-ring (bicyclic) bond motifs is 1. The van der Waals surface area contributed by atoms with Crippen LogP contribution in [-0.4, -0.2) is 38.2 Å². The highest BCUT2D eigenvalue weighted by Crippen LogP contribution is 2.70. The molecule has 2 bridgehead atoms. The topological polar surface area (TPSA) is 99.9 Å². The summed E-state index contributed by atoms with van der Waals surface area (Å²) >= 11 is 0. The predicted octanol–water partition coefficient (Wildman–Crippen LogP) is 2.97. The van der Waals surface area contributed by atoms with Crippen molar-refractivity contribution in [1.29, 1.82) is 0 Å². The molecule has 0 radical (unpaired) electrons. The highest BCUT2D eigenvalue weighted by molar-refractivity contribution is 5.76. The van der Waals surface area contributed by atoms with Crippen LogP contribution in [0.4, 0.5) is 0 Å². The van der Waals surface area contributed by atoms with Crippen LogP contribution in [0.3, 0.4) is 0 Å². The van der Waals surface area contributed by atoms with Crippen LogP contribution in [0.2, 0.25) is 0 Å². The molecule has 5 atom stereocenters. The summed E-state index contributed by atoms with van der Waals surface area (Å²) in [7, 11) is 1.58. The van der Waals surface area contributed by atoms with E-state index in [4.69, 9.17) is 19.9 Å². The van der Waals surface area contributed by atoms with E-state index < -0.39 is 5.91 Å². The molecule has 2 saturated carbocycles. The van der Waals surface area contributed by atoms with Crippen molar-refractivity contribution in [2.24, 2.45) is 28.4 Å². The Kier molecular flexibility index (Phi) is 5.66. The van der Waals surface area contributed by atoms with Crippen LogP contribution in [0.25, 0.3) is 0 Å². The van der Waals surface area contributed by atoms with Gasteiger partial charge in [0.1, 0.15) is 0 Å². The number of nitrogens with one attached hydrogen (secondary N) is 1. The second kappa shape index (κ2) is 8.01. The minimum Gasteiger partial charge on any atom is -0.493 e. The lowest BCUT2D eigenvalue weighted by atomic mass is 9.59. The third-order valence-corrected chi connectivity index (χ3v) is 8.02. The van der Waals surface area contributed by atoms with Gasteiger partial charge in [0.05, 0.1) is 13.2 Å². The van der Waals surface area contributed by atoms with E-state index in [0.717, 1.165) is 24.8 Å². The monoisotopic (exact) mass is 430 g/mol. The Morgan fingerprint density at radius 1 is 1.29 bits per heavy atom. The standard InChI is InChI=1S/C24H34N2O5/c1-5-20(28)26-22-23(2,3)15-11-16-21(30-9-8-24(16,22)12-15)14-6-7-17(18(10-14)29-4)31-13-19(25)27/h6-7,10,15-16,21-22H,5,8-9,11-13H2,1-4H3,(H2,25,27)(H,26,28)/t15-,16-,21-,22-,24-/m1/s1. The first-order valence-electron chi connectivity index (χ1n) is 11.2. The second-order valence-electron chi connectivity index (χ2n) is 9.86. The number of methoxy groups -OCH3 is 1. The lowest BCUT2D eigenvalue weighted by Crippen LogP contribution is -2.58. The third kappa shape index (κ3) is 3.56. The molecule has 2 aliphatic carbocycles. The molecular formula is C24H34N2O5. The zero-order valence-corrected chi connectivity index (χ0v) is 18.9. The van der Waals surface area contributed by atoms with Crippen LogP contribution >= 0.6 is 0 Å². The molecule has 3 N–H and O–H groups in total. The molecule has 3 aliphatic rings. The first-order chi connectivity index (χ1) is 14.7. The summed E-state index contributed by atoms with van der Waals surface area (Å²) in [5.41, 5.74) is 6.36. The van der Waals surface area contributed by atoms with Gasteiger partial charge in [0.2, 0.25) is 5.91 Å². The van der Waals surface area contributed by atoms with Crippen molar-refractivity contribution in [3.8, 4) is 11.5 Å². The predicted molar refractivity (Wildman–Crippen MR) is 116 cm³/mol. The Hall–Kier alpha value is -2.28. The Labute approximate surface area is 184 Å². The van der Waals surface area contributed by atoms with E-state index in [0.29, 0.717) is 36.4 Å². The van der Waals surface area contributed by atoms with Gasteiger partial charge in [0, 0.05) is 19.1 Å². The van der Waals surface area contributed by atoms with E-state index in [1.165, 1.54) is 0 Å². The van der Waals surface area contributed by atoms with E-state index in [-0.39, 0.29) is 35.5 Å². The summed E-state index contributed by atoms with van der Waals surface area (Å²) in [5, 5.41) is 3.39. The molecule has 1 heterocycles. The maximum absolute atomic E-state index is 12.4. The maximum Gasteiger partial charge on any atom is 0.255 e. The van der Waals surface area contributed by atoms with Crippen molar-refractivity contribution in [3.63, 3.8) is 0 Å². The van der Waals surface area contributed by atoms with Gasteiger partial charge in [0.15, 0.2) is 18.1 Å². The number of ether oxygens (including phenoxy) is 3. The van der Waals surface area contributed by atoms with E-state index in [2.05, 4.69) is 19.2 Å². The summed E-state index contributed by atoms with van der Waals surface area (Å²) in [6, 6.07) is 5.90. The molecule has 7 nitrogen and oxygen atoms in total. The molecule has 1 aromatic carbocycles. The number of hydrogen-bond donors (Lipinski definition) is 2. The number of carbonyl (C=O) groups is 2. The first kappa shape index (κ1) is 21.9. The molecule has 170 valence electrons. The Morgan fingerprint density at radius 3 is 2.74 bits per heavy atom. The van der Waals surface area contributed by atoms with E-state index in [1.54, 1.807) is 7.11 Å². The van der Waals surface area contributed by atoms with Crippen LogP contribution in [0.15, 0.2) is 18.2 Å². The molecule has 1 saturated heterocycles. The van der Waals surface area contributed by atoms with Crippen molar-refractivity contribution in [3.05, 3.63) is 23.8 Å². The van der Waals surface area contributed by atoms with Gasteiger partial charge in [-0.15, -0.1) is 0 Å². The van der Waals surface area contributed by atoms with Gasteiger partial charge >= 0.3 is 0 Å². The summed E-state index contributed by atoms with van der Waals surface area (Å²) in [4.78, 5) is 23.5. The summed E-state index contributed by atoms with van der Waals surface area (Å²) in [6.07, 6.45) is 3.64. The molecule has 0 aromatic heterocycles. The zero-order chi connectivity index (χ0) is 22.4. The molecular weight excluding hydrogens is 396 g/mol. The smallest absolute Gasteiger partial charge is 0.255 e. The van der Waals surface area contributed by atoms with Gasteiger partial charge in [-0.3, -0.25) is 9.59 Å². The van der Waals surface area contributed by atoms with Crippen LogP contribution in [0.5, 0.6) is 11.5 Å². The highest BCUT2D eigenvalue weighted by atomic mass is 16.5. The molecule has 0 unspecified atom stereocenters. The zero-order valence-electron chi connectivity index (χ0n) is 18.9. The number of hydrogen-bond acceptors (Lipinski definition) is 5. The Bertz CT molecular complexity index is 870. The molecule has 1 aliphatic heterocycles. The van der Waals surface area contributed by atoms with Crippen LogP contribution in [0, 0.1) is 22.7 Å². The molecule has 2 amide bonds. The van der Waals surface area contributed by atoms with Gasteiger partial charge in [-0.1, -0.05) is 26.8 Å². The van der Waals surface area contributed by atoms with Crippen molar-refractivity contribution >= 4 is 11.8 Å². The van der Waals surface area contributed by atoms with E-state index >= 15 is 0 Å². The minimum absolute atomic E-state index is 0.0519. The number of primary amides is 1. The van der Waals surface area contributed by atoms with Gasteiger partial charge in [-0.2, -0.15) is 0 Å². The largest absolute Gasteiger partial charge is 0.493 e. The Morgan fingerprint density at radius 2 is 2.06 bits per heavy atom. The maximum atomic E-state index is 12.4. The van der Waals surface area contributed by atoms with Crippen molar-refractivity contribution < 1.29 is 23.8 Å². The number of amides is 2. The number of rotatable bonds is 7. The number of benzene rings is 1. The van der Waals surface area contributed by atoms with E-state index in [9.17, 15) is 9.59 Å². The molecule has 7 heteroatoms. The van der Waals surface area contributed by atoms with Crippen molar-refractivity contribution in [2.75, 3.05) is 20.3 Å². The van der Waals surface area contributed by atoms with Gasteiger partial charge in [-0.25, -0.2) is 0 Å². The average molecular weight is 431 g/mol. The van der Waals surface area contributed by atoms with Crippen molar-refractivity contribution in [1.82, 2.24) is 5.32 Å². The van der Waals surface area contributed by atoms with Crippen LogP contribution in [0.1, 0.15) is 58.1 Å². The normalized spacial score (nSPS) is 32.9. The summed E-state index contributed by atoms with van der Waals surface area (Å²) < 4.78 is 17.3. The SMILES string of the molecule is CCC(=O)N[C@@H]1C(C)(C)[C@@H]2C[C@@H]3[C@@H](c4ccc(OCC(N)=O)c(OC)c4)OCC[C@@]31C2. The fraction of sp³-hybridized carbons (Fsp3) is 0.667. The van der Waals surface area contributed by atoms with Crippen LogP contribution in [-0.2, 0) is 14.3 Å². The third-order valence-electron chi connectivity index (χ3n) is 8.02. The quantitative estimate of drug-likeness (QED) is 0.693. The van der Waals surface area contributed by atoms with Crippen molar-refractivity contribution in [2.45, 2.75) is 58.6 Å². The molecule has 1 spiro atoms. The summed E-state index contributed by atoms with van der Waals surface area (Å²) in [6.45, 7) is 7.00. The molecule has 3 fully saturated rings. The number of carbonyl (C=O) groups excluding carboxylic acids is 2. The molecule has 1 aromatic rings. The molecule has 4 rings (SSSR count). The fourth-order valence-electron chi connectivity index (χ4n) is 6.51. The van der Waals surface area contributed by atoms with Gasteiger partial charge < -0.3 is 25.3 Å². The minimum atomic E-state index is -0.534. The lowest BCUT2D eigenvalue weighted by molar-refractivity contribution is -0.137. The van der Waals surface area contributed by atoms with Gasteiger partial charge in [0.25, 0.3) is 5.91 Å². The number of nitrogens with two attached hydrogens (primary N) is 1. The average Bonchev–Trinajstić information content (AvgIpc) is 3.24. The fourth-order valence-corrected chi connectivity index (χ4v) is 6.51. The first-order valence-corrected chi connectivity index (χ1v) is 11.2. The van der Waals surface area contributed by atoms with Crippen LogP contribution < -0.4 is 20.5 Å². The Balaban J connectivity index is 1.63. The van der Waals surface area contributed by atoms with E-state index in [1.807, 2.05) is 25.1 Å². The second-order valence-corrected chi connectivity index (χ2v) is 9.86. The summed E-state index contributed by atoms with van der Waals surface area (Å²) in [5.74, 6) is 1.53. The highest BCUT2D eigenvalue weighted by Gasteiger charge is 2.68. The van der Waals surface area contributed by atoms with Gasteiger partial charge in [-0.05, 0) is 59.6 Å². The molecule has 31 heavy (non-hydrogen) atoms. The lowest BCUT2D eigenvalue weighted by Gasteiger charge is -2.53.